The molecule has 2 aliphatic rings. The molecular formula is C13H24N4OS. The maximum atomic E-state index is 11.9. The molecule has 6 heteroatoms. The molecule has 0 bridgehead atoms. The van der Waals surface area contributed by atoms with E-state index in [1.807, 2.05) is 0 Å². The number of nitrogens with zero attached hydrogens (tertiary/aromatic N) is 2. The molecule has 2 rings (SSSR count). The molecule has 1 aliphatic carbocycles. The van der Waals surface area contributed by atoms with E-state index >= 15 is 0 Å². The van der Waals surface area contributed by atoms with Crippen LogP contribution in [0, 0.1) is 0 Å². The van der Waals surface area contributed by atoms with Gasteiger partial charge in [-0.25, -0.2) is 0 Å². The number of hydrogen-bond acceptors (Lipinski definition) is 4. The molecule has 108 valence electrons. The van der Waals surface area contributed by atoms with E-state index in [9.17, 15) is 4.79 Å². The second-order valence-electron chi connectivity index (χ2n) is 5.57. The van der Waals surface area contributed by atoms with Crippen molar-refractivity contribution >= 4 is 23.1 Å². The third-order valence-corrected chi connectivity index (χ3v) is 4.06. The van der Waals surface area contributed by atoms with Gasteiger partial charge in [0.1, 0.15) is 0 Å². The van der Waals surface area contributed by atoms with Crippen molar-refractivity contribution < 1.29 is 4.79 Å². The van der Waals surface area contributed by atoms with E-state index < -0.39 is 0 Å². The Bertz CT molecular complexity index is 323. The van der Waals surface area contributed by atoms with Crippen LogP contribution in [0.4, 0.5) is 0 Å². The normalized spacial score (nSPS) is 22.5. The number of nitrogens with one attached hydrogen (secondary N) is 1. The SMILES string of the molecule is NC(=S)CN1CCN(CC(=O)NC2CCCC2)CC1. The Balaban J connectivity index is 1.64. The van der Waals surface area contributed by atoms with Gasteiger partial charge in [-0.2, -0.15) is 0 Å². The van der Waals surface area contributed by atoms with Gasteiger partial charge in [-0.3, -0.25) is 14.6 Å². The van der Waals surface area contributed by atoms with Gasteiger partial charge in [0, 0.05) is 38.8 Å². The minimum Gasteiger partial charge on any atom is -0.392 e. The van der Waals surface area contributed by atoms with Gasteiger partial charge in [-0.05, 0) is 12.8 Å². The summed E-state index contributed by atoms with van der Waals surface area (Å²) < 4.78 is 0. The second-order valence-corrected chi connectivity index (χ2v) is 6.09. The molecule has 0 radical (unpaired) electrons. The van der Waals surface area contributed by atoms with E-state index in [0.29, 0.717) is 24.1 Å². The van der Waals surface area contributed by atoms with Crippen molar-refractivity contribution in [2.75, 3.05) is 39.3 Å². The molecule has 5 nitrogen and oxygen atoms in total. The lowest BCUT2D eigenvalue weighted by Gasteiger charge is -2.34. The molecule has 0 aromatic heterocycles. The largest absolute Gasteiger partial charge is 0.392 e. The first-order valence-corrected chi connectivity index (χ1v) is 7.56. The standard InChI is InChI=1S/C13H24N4OS/c14-12(19)9-16-5-7-17(8-6-16)10-13(18)15-11-3-1-2-4-11/h11H,1-10H2,(H2,14,19)(H,15,18). The van der Waals surface area contributed by atoms with Gasteiger partial charge in [-0.15, -0.1) is 0 Å². The maximum absolute atomic E-state index is 11.9. The van der Waals surface area contributed by atoms with Crippen molar-refractivity contribution in [2.24, 2.45) is 5.73 Å². The van der Waals surface area contributed by atoms with Gasteiger partial charge >= 0.3 is 0 Å². The molecule has 19 heavy (non-hydrogen) atoms. The fraction of sp³-hybridized carbons (Fsp3) is 0.846. The molecule has 3 N–H and O–H groups in total. The van der Waals surface area contributed by atoms with E-state index in [1.165, 1.54) is 12.8 Å². The van der Waals surface area contributed by atoms with E-state index in [2.05, 4.69) is 15.1 Å². The van der Waals surface area contributed by atoms with Crippen molar-refractivity contribution in [3.8, 4) is 0 Å². The van der Waals surface area contributed by atoms with Crippen LogP contribution in [0.15, 0.2) is 0 Å². The molecule has 1 heterocycles. The Morgan fingerprint density at radius 2 is 1.63 bits per heavy atom. The lowest BCUT2D eigenvalue weighted by atomic mass is 10.2. The summed E-state index contributed by atoms with van der Waals surface area (Å²) in [6, 6.07) is 0.420. The first-order valence-electron chi connectivity index (χ1n) is 7.16. The van der Waals surface area contributed by atoms with Crippen LogP contribution in [0.2, 0.25) is 0 Å². The van der Waals surface area contributed by atoms with Crippen LogP contribution in [0.25, 0.3) is 0 Å². The van der Waals surface area contributed by atoms with E-state index in [4.69, 9.17) is 18.0 Å². The van der Waals surface area contributed by atoms with Gasteiger partial charge in [0.2, 0.25) is 5.91 Å². The van der Waals surface area contributed by atoms with Gasteiger partial charge in [0.15, 0.2) is 0 Å². The van der Waals surface area contributed by atoms with Crippen molar-refractivity contribution in [3.63, 3.8) is 0 Å². The monoisotopic (exact) mass is 284 g/mol. The molecular weight excluding hydrogens is 260 g/mol. The van der Waals surface area contributed by atoms with Crippen molar-refractivity contribution in [3.05, 3.63) is 0 Å². The quantitative estimate of drug-likeness (QED) is 0.693. The molecule has 1 saturated carbocycles. The Morgan fingerprint density at radius 3 is 2.16 bits per heavy atom. The van der Waals surface area contributed by atoms with Crippen LogP contribution < -0.4 is 11.1 Å². The first kappa shape index (κ1) is 14.7. The predicted octanol–water partition coefficient (Wildman–Crippen LogP) is -0.0511. The fourth-order valence-corrected chi connectivity index (χ4v) is 3.06. The molecule has 2 fully saturated rings. The Kier molecular flexibility index (Phi) is 5.54. The molecule has 1 saturated heterocycles. The summed E-state index contributed by atoms with van der Waals surface area (Å²) in [7, 11) is 0. The number of amides is 1. The average Bonchev–Trinajstić information content (AvgIpc) is 2.83. The van der Waals surface area contributed by atoms with E-state index in [1.54, 1.807) is 0 Å². The molecule has 0 atom stereocenters. The van der Waals surface area contributed by atoms with Crippen LogP contribution >= 0.6 is 12.2 Å². The van der Waals surface area contributed by atoms with Gasteiger partial charge < -0.3 is 11.1 Å². The summed E-state index contributed by atoms with van der Waals surface area (Å²) in [6.45, 7) is 4.93. The summed E-state index contributed by atoms with van der Waals surface area (Å²) in [5, 5.41) is 3.13. The number of nitrogens with two attached hydrogens (primary N) is 1. The Hall–Kier alpha value is -0.720. The van der Waals surface area contributed by atoms with Gasteiger partial charge in [0.05, 0.1) is 11.5 Å². The van der Waals surface area contributed by atoms with Crippen molar-refractivity contribution in [2.45, 2.75) is 31.7 Å². The molecule has 0 spiro atoms. The Morgan fingerprint density at radius 1 is 1.11 bits per heavy atom. The highest BCUT2D eigenvalue weighted by Gasteiger charge is 2.21. The molecule has 1 aliphatic heterocycles. The number of hydrogen-bond donors (Lipinski definition) is 2. The maximum Gasteiger partial charge on any atom is 0.234 e. The highest BCUT2D eigenvalue weighted by molar-refractivity contribution is 7.80. The highest BCUT2D eigenvalue weighted by Crippen LogP contribution is 2.17. The zero-order valence-corrected chi connectivity index (χ0v) is 12.3. The minimum absolute atomic E-state index is 0.176. The molecule has 0 aromatic carbocycles. The summed E-state index contributed by atoms with van der Waals surface area (Å²) in [6.07, 6.45) is 4.80. The average molecular weight is 284 g/mol. The van der Waals surface area contributed by atoms with Crippen LogP contribution in [0.3, 0.4) is 0 Å². The van der Waals surface area contributed by atoms with Crippen LogP contribution in [0.1, 0.15) is 25.7 Å². The van der Waals surface area contributed by atoms with Crippen LogP contribution in [-0.4, -0.2) is 66.0 Å². The number of piperazine rings is 1. The van der Waals surface area contributed by atoms with Gasteiger partial charge in [-0.1, -0.05) is 25.1 Å². The summed E-state index contributed by atoms with van der Waals surface area (Å²) in [5.74, 6) is 0.176. The molecule has 0 aromatic rings. The first-order chi connectivity index (χ1) is 9.13. The van der Waals surface area contributed by atoms with Crippen molar-refractivity contribution in [1.82, 2.24) is 15.1 Å². The van der Waals surface area contributed by atoms with Crippen molar-refractivity contribution in [1.29, 1.82) is 0 Å². The molecule has 0 unspecified atom stereocenters. The van der Waals surface area contributed by atoms with Crippen LogP contribution in [-0.2, 0) is 4.79 Å². The second kappa shape index (κ2) is 7.17. The zero-order chi connectivity index (χ0) is 13.7. The Labute approximate surface area is 120 Å². The number of carbonyl (C=O) groups excluding carboxylic acids is 1. The number of thiocarbonyl (C=S) groups is 1. The summed E-state index contributed by atoms with van der Waals surface area (Å²) >= 11 is 4.91. The smallest absolute Gasteiger partial charge is 0.234 e. The van der Waals surface area contributed by atoms with Gasteiger partial charge in [0.25, 0.3) is 0 Å². The lowest BCUT2D eigenvalue weighted by molar-refractivity contribution is -0.123. The molecule has 1 amide bonds. The lowest BCUT2D eigenvalue weighted by Crippen LogP contribution is -2.51. The third-order valence-electron chi connectivity index (χ3n) is 3.93. The van der Waals surface area contributed by atoms with E-state index in [0.717, 1.165) is 39.0 Å². The number of rotatable bonds is 5. The van der Waals surface area contributed by atoms with Crippen LogP contribution in [0.5, 0.6) is 0 Å². The predicted molar refractivity (Wildman–Crippen MR) is 80.1 cm³/mol. The highest BCUT2D eigenvalue weighted by atomic mass is 32.1. The topological polar surface area (TPSA) is 61.6 Å². The minimum atomic E-state index is 0.176. The zero-order valence-electron chi connectivity index (χ0n) is 11.4. The third kappa shape index (κ3) is 5.04. The summed E-state index contributed by atoms with van der Waals surface area (Å²) in [4.78, 5) is 16.9. The van der Waals surface area contributed by atoms with E-state index in [-0.39, 0.29) is 5.91 Å². The number of carbonyl (C=O) groups is 1. The fourth-order valence-electron chi connectivity index (χ4n) is 2.87. The summed E-state index contributed by atoms with van der Waals surface area (Å²) in [5.41, 5.74) is 5.54.